The summed E-state index contributed by atoms with van der Waals surface area (Å²) in [5.74, 6) is -3.39. The van der Waals surface area contributed by atoms with E-state index in [1.54, 1.807) is 36.5 Å². The number of benzene rings is 2. The van der Waals surface area contributed by atoms with Gasteiger partial charge in [0.2, 0.25) is 5.54 Å². The summed E-state index contributed by atoms with van der Waals surface area (Å²) >= 11 is 0. The molecular weight excluding hydrogens is 378 g/mol. The monoisotopic (exact) mass is 397 g/mol. The molecule has 1 heterocycles. The van der Waals surface area contributed by atoms with E-state index < -0.39 is 28.3 Å². The Balaban J connectivity index is 2.41. The number of nitrogens with one attached hydrogen (secondary N) is 1. The first-order valence-electron chi connectivity index (χ1n) is 8.61. The maximum absolute atomic E-state index is 12.7. The molecule has 3 N–H and O–H groups in total. The van der Waals surface area contributed by atoms with Crippen molar-refractivity contribution in [2.45, 2.75) is 11.5 Å². The number of fused-ring (bicyclic) bond motifs is 1. The van der Waals surface area contributed by atoms with Crippen LogP contribution >= 0.6 is 0 Å². The molecule has 0 spiro atoms. The molecule has 3 aromatic rings. The van der Waals surface area contributed by atoms with E-state index >= 15 is 0 Å². The molecule has 0 amide bonds. The molecule has 0 aliphatic rings. The van der Waals surface area contributed by atoms with Gasteiger partial charge in [0.25, 0.3) is 5.69 Å². The Hall–Kier alpha value is -3.72. The lowest BCUT2D eigenvalue weighted by molar-refractivity contribution is -0.385. The van der Waals surface area contributed by atoms with E-state index in [1.165, 1.54) is 18.2 Å². The molecule has 0 fully saturated rings. The number of ether oxygens (including phenoxy) is 2. The molecule has 3 rings (SSSR count). The molecule has 9 heteroatoms. The second kappa shape index (κ2) is 7.72. The third-order valence-electron chi connectivity index (χ3n) is 4.88. The van der Waals surface area contributed by atoms with Crippen molar-refractivity contribution in [2.75, 3.05) is 14.2 Å². The molecule has 0 unspecified atom stereocenters. The molecule has 0 saturated carbocycles. The van der Waals surface area contributed by atoms with E-state index in [-0.39, 0.29) is 11.3 Å². The lowest BCUT2D eigenvalue weighted by Crippen LogP contribution is -2.60. The lowest BCUT2D eigenvalue weighted by atomic mass is 9.74. The van der Waals surface area contributed by atoms with Gasteiger partial charge in [0.1, 0.15) is 0 Å². The van der Waals surface area contributed by atoms with E-state index in [0.29, 0.717) is 16.5 Å². The van der Waals surface area contributed by atoms with Crippen LogP contribution in [-0.2, 0) is 19.1 Å². The van der Waals surface area contributed by atoms with Crippen molar-refractivity contribution in [3.05, 3.63) is 76.0 Å². The van der Waals surface area contributed by atoms with Gasteiger partial charge in [-0.25, -0.2) is 9.59 Å². The van der Waals surface area contributed by atoms with Gasteiger partial charge in [0, 0.05) is 28.7 Å². The number of nitrogens with two attached hydrogens (primary N) is 1. The number of nitrogens with zero attached hydrogens (tertiary/aromatic N) is 1. The van der Waals surface area contributed by atoms with Crippen molar-refractivity contribution in [3.8, 4) is 0 Å². The Morgan fingerprint density at radius 3 is 2.24 bits per heavy atom. The standard InChI is InChI=1S/C20H19N3O6/c1-28-18(24)20(21,19(25)29-2)17(13-8-4-6-10-16(13)23(26)27)14-11-22-15-9-5-3-7-12(14)15/h3-11,17,22H,21H2,1-2H3/t17-/m1/s1. The Bertz CT molecular complexity index is 1070. The zero-order valence-corrected chi connectivity index (χ0v) is 15.7. The number of esters is 2. The zero-order valence-electron chi connectivity index (χ0n) is 15.7. The fraction of sp³-hybridized carbons (Fsp3) is 0.200. The smallest absolute Gasteiger partial charge is 0.338 e. The largest absolute Gasteiger partial charge is 0.467 e. The van der Waals surface area contributed by atoms with Crippen LogP contribution in [0.5, 0.6) is 0 Å². The van der Waals surface area contributed by atoms with Crippen LogP contribution in [-0.4, -0.2) is 41.6 Å². The van der Waals surface area contributed by atoms with Crippen LogP contribution in [0.4, 0.5) is 5.69 Å². The number of aromatic amines is 1. The number of hydrogen-bond acceptors (Lipinski definition) is 7. The third kappa shape index (κ3) is 3.21. The van der Waals surface area contributed by atoms with Gasteiger partial charge in [-0.1, -0.05) is 36.4 Å². The molecular formula is C20H19N3O6. The SMILES string of the molecule is COC(=O)C(N)(C(=O)OC)[C@H](c1ccccc1[N+](=O)[O-])c1c[nH]c2ccccc12. The average Bonchev–Trinajstić information content (AvgIpc) is 3.16. The number of nitro benzene ring substituents is 1. The molecule has 2 aromatic carbocycles. The van der Waals surface area contributed by atoms with Crippen molar-refractivity contribution in [2.24, 2.45) is 5.73 Å². The summed E-state index contributed by atoms with van der Waals surface area (Å²) in [6, 6.07) is 12.9. The maximum Gasteiger partial charge on any atom is 0.338 e. The normalized spacial score (nSPS) is 12.4. The van der Waals surface area contributed by atoms with Gasteiger partial charge < -0.3 is 20.2 Å². The van der Waals surface area contributed by atoms with Crippen LogP contribution in [0.2, 0.25) is 0 Å². The van der Waals surface area contributed by atoms with Crippen molar-refractivity contribution < 1.29 is 24.0 Å². The number of H-pyrrole nitrogens is 1. The first-order valence-corrected chi connectivity index (χ1v) is 8.61. The van der Waals surface area contributed by atoms with Gasteiger partial charge >= 0.3 is 11.9 Å². The van der Waals surface area contributed by atoms with Gasteiger partial charge in [-0.3, -0.25) is 10.1 Å². The molecule has 9 nitrogen and oxygen atoms in total. The molecule has 0 aliphatic carbocycles. The minimum atomic E-state index is -2.36. The highest BCUT2D eigenvalue weighted by Gasteiger charge is 2.55. The number of rotatable bonds is 6. The Morgan fingerprint density at radius 2 is 1.62 bits per heavy atom. The van der Waals surface area contributed by atoms with Crippen LogP contribution in [0, 0.1) is 10.1 Å². The number of methoxy groups -OCH3 is 2. The Kier molecular flexibility index (Phi) is 5.33. The van der Waals surface area contributed by atoms with E-state index in [1.807, 2.05) is 0 Å². The van der Waals surface area contributed by atoms with Crippen molar-refractivity contribution in [1.82, 2.24) is 4.98 Å². The lowest BCUT2D eigenvalue weighted by Gasteiger charge is -2.32. The van der Waals surface area contributed by atoms with Gasteiger partial charge in [0.15, 0.2) is 0 Å². The number of carbonyl (C=O) groups excluding carboxylic acids is 2. The summed E-state index contributed by atoms with van der Waals surface area (Å²) in [7, 11) is 2.16. The predicted octanol–water partition coefficient (Wildman–Crippen LogP) is 2.25. The summed E-state index contributed by atoms with van der Waals surface area (Å²) < 4.78 is 9.61. The Morgan fingerprint density at radius 1 is 1.03 bits per heavy atom. The minimum absolute atomic E-state index is 0.0838. The fourth-order valence-corrected chi connectivity index (χ4v) is 3.55. The van der Waals surface area contributed by atoms with Crippen molar-refractivity contribution in [3.63, 3.8) is 0 Å². The van der Waals surface area contributed by atoms with E-state index in [4.69, 9.17) is 15.2 Å². The van der Waals surface area contributed by atoms with Crippen LogP contribution in [0.15, 0.2) is 54.7 Å². The molecule has 0 bridgehead atoms. The van der Waals surface area contributed by atoms with Crippen LogP contribution < -0.4 is 5.73 Å². The summed E-state index contributed by atoms with van der Waals surface area (Å²) in [4.78, 5) is 39.6. The van der Waals surface area contributed by atoms with E-state index in [9.17, 15) is 19.7 Å². The number of nitro groups is 1. The van der Waals surface area contributed by atoms with Gasteiger partial charge in [-0.15, -0.1) is 0 Å². The molecule has 0 radical (unpaired) electrons. The zero-order chi connectivity index (χ0) is 21.2. The fourth-order valence-electron chi connectivity index (χ4n) is 3.55. The van der Waals surface area contributed by atoms with Crippen LogP contribution in [0.3, 0.4) is 0 Å². The topological polar surface area (TPSA) is 138 Å². The predicted molar refractivity (Wildman–Crippen MR) is 104 cm³/mol. The second-order valence-electron chi connectivity index (χ2n) is 6.39. The highest BCUT2D eigenvalue weighted by Crippen LogP contribution is 2.42. The molecule has 150 valence electrons. The minimum Gasteiger partial charge on any atom is -0.467 e. The van der Waals surface area contributed by atoms with Gasteiger partial charge in [-0.2, -0.15) is 0 Å². The summed E-state index contributed by atoms with van der Waals surface area (Å²) in [6.45, 7) is 0. The Labute approximate surface area is 165 Å². The summed E-state index contributed by atoms with van der Waals surface area (Å²) in [5.41, 5.74) is 4.92. The van der Waals surface area contributed by atoms with Gasteiger partial charge in [0.05, 0.1) is 25.1 Å². The highest BCUT2D eigenvalue weighted by molar-refractivity contribution is 6.07. The molecule has 29 heavy (non-hydrogen) atoms. The summed E-state index contributed by atoms with van der Waals surface area (Å²) in [6.07, 6.45) is 1.57. The quantitative estimate of drug-likeness (QED) is 0.282. The average molecular weight is 397 g/mol. The van der Waals surface area contributed by atoms with Gasteiger partial charge in [-0.05, 0) is 11.6 Å². The van der Waals surface area contributed by atoms with Crippen molar-refractivity contribution >= 4 is 28.5 Å². The third-order valence-corrected chi connectivity index (χ3v) is 4.88. The van der Waals surface area contributed by atoms with Crippen LogP contribution in [0.25, 0.3) is 10.9 Å². The summed E-state index contributed by atoms with van der Waals surface area (Å²) in [5, 5.41) is 12.3. The first kappa shape index (κ1) is 20.0. The molecule has 0 saturated heterocycles. The van der Waals surface area contributed by atoms with E-state index in [2.05, 4.69) is 4.98 Å². The van der Waals surface area contributed by atoms with Crippen molar-refractivity contribution in [1.29, 1.82) is 0 Å². The number of hydrogen-bond donors (Lipinski definition) is 2. The molecule has 1 aromatic heterocycles. The second-order valence-corrected chi connectivity index (χ2v) is 6.39. The number of carbonyl (C=O) groups is 2. The number of para-hydroxylation sites is 2. The van der Waals surface area contributed by atoms with E-state index in [0.717, 1.165) is 14.2 Å². The van der Waals surface area contributed by atoms with Crippen LogP contribution in [0.1, 0.15) is 17.0 Å². The molecule has 1 atom stereocenters. The number of aromatic nitrogens is 1. The molecule has 0 aliphatic heterocycles. The highest BCUT2D eigenvalue weighted by atomic mass is 16.6. The first-order chi connectivity index (χ1) is 13.9. The maximum atomic E-state index is 12.7.